The maximum Gasteiger partial charge on any atom is 0.335 e. The number of nitrogens with zero attached hydrogens (tertiary/aromatic N) is 1. The van der Waals surface area contributed by atoms with Gasteiger partial charge in [-0.1, -0.05) is 0 Å². The number of anilines is 1. The third kappa shape index (κ3) is 3.69. The van der Waals surface area contributed by atoms with Gasteiger partial charge in [-0.15, -0.1) is 0 Å². The first-order chi connectivity index (χ1) is 9.78. The Kier molecular flexibility index (Phi) is 4.13. The molecule has 7 heteroatoms. The highest BCUT2D eigenvalue weighted by atomic mass is 19.1. The summed E-state index contributed by atoms with van der Waals surface area (Å²) in [7, 11) is 0. The van der Waals surface area contributed by atoms with E-state index >= 15 is 0 Å². The van der Waals surface area contributed by atoms with Crippen LogP contribution in [0, 0.1) is 5.82 Å². The van der Waals surface area contributed by atoms with Crippen molar-refractivity contribution >= 4 is 17.7 Å². The summed E-state index contributed by atoms with van der Waals surface area (Å²) in [6.07, 6.45) is 0. The fraction of sp³-hybridized carbons (Fsp3) is 0.429. The molecular weight excluding hydrogens is 279 g/mol. The zero-order chi connectivity index (χ0) is 15.6. The normalized spacial score (nSPS) is 17.4. The first-order valence-electron chi connectivity index (χ1n) is 6.51. The Hall–Kier alpha value is -2.15. The number of carboxylic acid groups (broad SMARTS) is 1. The summed E-state index contributed by atoms with van der Waals surface area (Å²) in [6, 6.07) is 2.92. The zero-order valence-corrected chi connectivity index (χ0v) is 11.9. The number of carbonyl (C=O) groups excluding carboxylic acids is 1. The van der Waals surface area contributed by atoms with Gasteiger partial charge in [-0.2, -0.15) is 0 Å². The largest absolute Gasteiger partial charge is 0.478 e. The quantitative estimate of drug-likeness (QED) is 0.876. The van der Waals surface area contributed by atoms with E-state index in [-0.39, 0.29) is 11.3 Å². The molecule has 0 bridgehead atoms. The van der Waals surface area contributed by atoms with Crippen LogP contribution in [-0.4, -0.2) is 47.3 Å². The number of carboxylic acids is 1. The Labute approximate surface area is 121 Å². The number of benzene rings is 1. The predicted octanol–water partition coefficient (Wildman–Crippen LogP) is 2.17. The molecule has 1 aliphatic rings. The van der Waals surface area contributed by atoms with Crippen LogP contribution in [0.2, 0.25) is 0 Å². The Morgan fingerprint density at radius 3 is 2.71 bits per heavy atom. The maximum atomic E-state index is 13.8. The molecule has 0 radical (unpaired) electrons. The second kappa shape index (κ2) is 5.69. The summed E-state index contributed by atoms with van der Waals surface area (Å²) in [6.45, 7) is 4.97. The minimum Gasteiger partial charge on any atom is -0.478 e. The van der Waals surface area contributed by atoms with Crippen molar-refractivity contribution in [2.24, 2.45) is 0 Å². The molecule has 1 heterocycles. The first-order valence-corrected chi connectivity index (χ1v) is 6.51. The molecule has 6 nitrogen and oxygen atoms in total. The van der Waals surface area contributed by atoms with Gasteiger partial charge in [0.1, 0.15) is 5.82 Å². The van der Waals surface area contributed by atoms with Gasteiger partial charge in [-0.05, 0) is 32.0 Å². The molecule has 0 aromatic heterocycles. The molecule has 2 N–H and O–H groups in total. The van der Waals surface area contributed by atoms with Crippen LogP contribution in [0.1, 0.15) is 24.2 Å². The van der Waals surface area contributed by atoms with Crippen LogP contribution >= 0.6 is 0 Å². The van der Waals surface area contributed by atoms with Crippen molar-refractivity contribution in [3.63, 3.8) is 0 Å². The number of halogens is 1. The standard InChI is InChI=1S/C14H17FN2O4/c1-14(2)8-17(5-6-21-14)13(20)16-11-4-3-9(12(18)19)7-10(11)15/h3-4,7H,5-6,8H2,1-2H3,(H,16,20)(H,18,19). The molecule has 0 unspecified atom stereocenters. The van der Waals surface area contributed by atoms with Gasteiger partial charge in [0, 0.05) is 6.54 Å². The van der Waals surface area contributed by atoms with Crippen LogP contribution in [0.5, 0.6) is 0 Å². The number of hydrogen-bond donors (Lipinski definition) is 2. The highest BCUT2D eigenvalue weighted by molar-refractivity contribution is 5.91. The van der Waals surface area contributed by atoms with Crippen molar-refractivity contribution < 1.29 is 23.8 Å². The number of nitrogens with one attached hydrogen (secondary N) is 1. The number of ether oxygens (including phenoxy) is 1. The number of urea groups is 1. The second-order valence-electron chi connectivity index (χ2n) is 5.46. The number of amides is 2. The summed E-state index contributed by atoms with van der Waals surface area (Å²) < 4.78 is 19.3. The number of morpholine rings is 1. The van der Waals surface area contributed by atoms with Crippen LogP contribution in [0.25, 0.3) is 0 Å². The van der Waals surface area contributed by atoms with Crippen molar-refractivity contribution in [2.45, 2.75) is 19.4 Å². The predicted molar refractivity (Wildman–Crippen MR) is 74.0 cm³/mol. The molecule has 2 rings (SSSR count). The monoisotopic (exact) mass is 296 g/mol. The minimum atomic E-state index is -1.22. The third-order valence-corrected chi connectivity index (χ3v) is 3.17. The average Bonchev–Trinajstić information content (AvgIpc) is 2.39. The van der Waals surface area contributed by atoms with E-state index in [1.807, 2.05) is 13.8 Å². The van der Waals surface area contributed by atoms with E-state index < -0.39 is 23.4 Å². The average molecular weight is 296 g/mol. The van der Waals surface area contributed by atoms with Crippen molar-refractivity contribution in [3.05, 3.63) is 29.6 Å². The van der Waals surface area contributed by atoms with Crippen LogP contribution in [0.15, 0.2) is 18.2 Å². The Morgan fingerprint density at radius 1 is 1.43 bits per heavy atom. The molecule has 0 spiro atoms. The molecule has 114 valence electrons. The Morgan fingerprint density at radius 2 is 2.14 bits per heavy atom. The lowest BCUT2D eigenvalue weighted by atomic mass is 10.1. The van der Waals surface area contributed by atoms with E-state index in [1.165, 1.54) is 17.0 Å². The van der Waals surface area contributed by atoms with Crippen molar-refractivity contribution in [3.8, 4) is 0 Å². The van der Waals surface area contributed by atoms with Crippen LogP contribution in [0.3, 0.4) is 0 Å². The Bertz CT molecular complexity index is 574. The molecule has 0 atom stereocenters. The van der Waals surface area contributed by atoms with Gasteiger partial charge in [0.2, 0.25) is 0 Å². The zero-order valence-electron chi connectivity index (χ0n) is 11.9. The molecule has 0 aliphatic carbocycles. The summed E-state index contributed by atoms with van der Waals surface area (Å²) in [4.78, 5) is 24.4. The summed E-state index contributed by atoms with van der Waals surface area (Å²) in [5, 5.41) is 11.2. The fourth-order valence-corrected chi connectivity index (χ4v) is 2.13. The van der Waals surface area contributed by atoms with Crippen molar-refractivity contribution in [2.75, 3.05) is 25.0 Å². The highest BCUT2D eigenvalue weighted by Gasteiger charge is 2.30. The minimum absolute atomic E-state index is 0.0469. The van der Waals surface area contributed by atoms with Gasteiger partial charge in [-0.25, -0.2) is 14.0 Å². The molecule has 2 amide bonds. The molecule has 1 aliphatic heterocycles. The van der Waals surface area contributed by atoms with Gasteiger partial charge in [0.15, 0.2) is 0 Å². The number of hydrogen-bond acceptors (Lipinski definition) is 3. The Balaban J connectivity index is 2.07. The lowest BCUT2D eigenvalue weighted by Gasteiger charge is -2.38. The number of carbonyl (C=O) groups is 2. The number of rotatable bonds is 2. The lowest BCUT2D eigenvalue weighted by Crippen LogP contribution is -2.51. The van der Waals surface area contributed by atoms with Gasteiger partial charge >= 0.3 is 12.0 Å². The van der Waals surface area contributed by atoms with Crippen LogP contribution < -0.4 is 5.32 Å². The smallest absolute Gasteiger partial charge is 0.335 e. The highest BCUT2D eigenvalue weighted by Crippen LogP contribution is 2.19. The second-order valence-corrected chi connectivity index (χ2v) is 5.46. The lowest BCUT2D eigenvalue weighted by molar-refractivity contribution is -0.0720. The van der Waals surface area contributed by atoms with E-state index in [0.29, 0.717) is 19.7 Å². The van der Waals surface area contributed by atoms with Gasteiger partial charge in [-0.3, -0.25) is 0 Å². The molecule has 1 aromatic carbocycles. The van der Waals surface area contributed by atoms with E-state index in [1.54, 1.807) is 0 Å². The van der Waals surface area contributed by atoms with E-state index in [2.05, 4.69) is 5.32 Å². The third-order valence-electron chi connectivity index (χ3n) is 3.17. The summed E-state index contributed by atoms with van der Waals surface area (Å²) >= 11 is 0. The molecule has 21 heavy (non-hydrogen) atoms. The number of aromatic carboxylic acids is 1. The van der Waals surface area contributed by atoms with Crippen molar-refractivity contribution in [1.29, 1.82) is 0 Å². The van der Waals surface area contributed by atoms with E-state index in [4.69, 9.17) is 9.84 Å². The molecule has 1 saturated heterocycles. The van der Waals surface area contributed by atoms with E-state index in [0.717, 1.165) is 6.07 Å². The fourth-order valence-electron chi connectivity index (χ4n) is 2.13. The molecule has 1 aromatic rings. The van der Waals surface area contributed by atoms with Crippen molar-refractivity contribution in [1.82, 2.24) is 4.90 Å². The molecule has 0 saturated carbocycles. The summed E-state index contributed by atoms with van der Waals surface area (Å²) in [5.41, 5.74) is -0.659. The maximum absolute atomic E-state index is 13.8. The topological polar surface area (TPSA) is 78.9 Å². The van der Waals surface area contributed by atoms with Gasteiger partial charge in [0.25, 0.3) is 0 Å². The first kappa shape index (κ1) is 15.2. The van der Waals surface area contributed by atoms with Gasteiger partial charge < -0.3 is 20.1 Å². The SMILES string of the molecule is CC1(C)CN(C(=O)Nc2ccc(C(=O)O)cc2F)CCO1. The summed E-state index contributed by atoms with van der Waals surface area (Å²) in [5.74, 6) is -2.00. The molecular formula is C14H17FN2O4. The molecule has 1 fully saturated rings. The van der Waals surface area contributed by atoms with Crippen LogP contribution in [-0.2, 0) is 4.74 Å². The van der Waals surface area contributed by atoms with Crippen LogP contribution in [0.4, 0.5) is 14.9 Å². The van der Waals surface area contributed by atoms with Gasteiger partial charge in [0.05, 0.1) is 30.0 Å². The van der Waals surface area contributed by atoms with E-state index in [9.17, 15) is 14.0 Å².